The Labute approximate surface area is 94.9 Å². The number of halogens is 10. The van der Waals surface area contributed by atoms with Crippen LogP contribution in [0.2, 0.25) is 0 Å². The molecule has 0 saturated heterocycles. The van der Waals surface area contributed by atoms with Gasteiger partial charge in [-0.2, -0.15) is 35.1 Å². The molecule has 0 heterocycles. The van der Waals surface area contributed by atoms with E-state index in [0.717, 1.165) is 14.8 Å². The minimum absolute atomic E-state index is 0.862. The Kier molecular flexibility index (Phi) is 3.85. The van der Waals surface area contributed by atoms with Crippen LogP contribution in [0.15, 0.2) is 0 Å². The molecule has 2 nitrogen and oxygen atoms in total. The van der Waals surface area contributed by atoms with Gasteiger partial charge in [0, 0.05) is 0 Å². The lowest BCUT2D eigenvalue weighted by atomic mass is 10.2. The maximum Gasteiger partial charge on any atom is 0.458 e. The highest BCUT2D eigenvalue weighted by atomic mass is 79.9. The molecule has 17 heavy (non-hydrogen) atoms. The topological polar surface area (TPSA) is 34.1 Å². The highest BCUT2D eigenvalue weighted by Gasteiger charge is 2.86. The molecule has 0 aliphatic carbocycles. The van der Waals surface area contributed by atoms with Crippen molar-refractivity contribution in [2.45, 2.75) is 23.3 Å². The molecule has 1 atom stereocenters. The predicted molar refractivity (Wildman–Crippen MR) is 38.7 cm³/mol. The molecule has 0 aromatic heterocycles. The number of alkyl halides is 9. The molecule has 0 radical (unpaired) electrons. The van der Waals surface area contributed by atoms with Gasteiger partial charge >= 0.3 is 23.3 Å². The first-order chi connectivity index (χ1) is 7.00. The van der Waals surface area contributed by atoms with Crippen LogP contribution in [0.5, 0.6) is 0 Å². The summed E-state index contributed by atoms with van der Waals surface area (Å²) in [6.07, 6.45) is -14.0. The van der Waals surface area contributed by atoms with Crippen LogP contribution in [0, 0.1) is 0 Å². The smallest absolute Gasteiger partial charge is 0.213 e. The largest absolute Gasteiger partial charge is 0.458 e. The standard InChI is InChI=1S/C4BrF9O2S/c5-17(15,16)2(8,4(12,13)14)1(6,7)3(9,10)11. The van der Waals surface area contributed by atoms with Gasteiger partial charge in [0.25, 0.3) is 8.27 Å². The van der Waals surface area contributed by atoms with Crippen molar-refractivity contribution in [1.82, 2.24) is 0 Å². The molecular weight excluding hydrogens is 363 g/mol. The molecule has 0 N–H and O–H groups in total. The molecule has 0 rings (SSSR count). The lowest BCUT2D eigenvalue weighted by Gasteiger charge is -2.33. The zero-order chi connectivity index (χ0) is 14.5. The number of rotatable bonds is 2. The molecule has 13 heteroatoms. The van der Waals surface area contributed by atoms with E-state index < -0.39 is 31.5 Å². The Bertz CT molecular complexity index is 394. The molecule has 1 unspecified atom stereocenters. The molecule has 0 fully saturated rings. The Balaban J connectivity index is 6.24. The van der Waals surface area contributed by atoms with Crippen LogP contribution in [-0.2, 0) is 8.27 Å². The normalized spacial score (nSPS) is 18.9. The van der Waals surface area contributed by atoms with Gasteiger partial charge < -0.3 is 0 Å². The van der Waals surface area contributed by atoms with Gasteiger partial charge in [-0.25, -0.2) is 12.8 Å². The van der Waals surface area contributed by atoms with Crippen LogP contribution in [0.1, 0.15) is 0 Å². The first-order valence-electron chi connectivity index (χ1n) is 3.14. The van der Waals surface area contributed by atoms with E-state index in [1.807, 2.05) is 0 Å². The molecule has 0 saturated carbocycles. The van der Waals surface area contributed by atoms with E-state index in [9.17, 15) is 47.9 Å². The fourth-order valence-electron chi connectivity index (χ4n) is 0.652. The van der Waals surface area contributed by atoms with Crippen LogP contribution >= 0.6 is 14.8 Å². The average molecular weight is 363 g/mol. The predicted octanol–water partition coefficient (Wildman–Crippen LogP) is 3.14. The van der Waals surface area contributed by atoms with Gasteiger partial charge in [0.05, 0.1) is 14.8 Å². The third kappa shape index (κ3) is 2.35. The van der Waals surface area contributed by atoms with Crippen LogP contribution in [0.3, 0.4) is 0 Å². The van der Waals surface area contributed by atoms with Crippen LogP contribution < -0.4 is 0 Å². The second kappa shape index (κ2) is 3.90. The Morgan fingerprint density at radius 3 is 1.06 bits per heavy atom. The van der Waals surface area contributed by atoms with Crippen LogP contribution in [0.25, 0.3) is 0 Å². The third-order valence-electron chi connectivity index (χ3n) is 1.46. The maximum atomic E-state index is 12.8. The van der Waals surface area contributed by atoms with Crippen molar-refractivity contribution in [2.24, 2.45) is 0 Å². The third-order valence-corrected chi connectivity index (χ3v) is 3.96. The van der Waals surface area contributed by atoms with Crippen LogP contribution in [0.4, 0.5) is 39.5 Å². The Morgan fingerprint density at radius 2 is 1.00 bits per heavy atom. The van der Waals surface area contributed by atoms with E-state index >= 15 is 0 Å². The zero-order valence-corrected chi connectivity index (χ0v) is 9.41. The van der Waals surface area contributed by atoms with Crippen LogP contribution in [-0.4, -0.2) is 31.7 Å². The second-order valence-corrected chi connectivity index (χ2v) is 6.60. The van der Waals surface area contributed by atoms with E-state index in [1.165, 1.54) is 0 Å². The zero-order valence-electron chi connectivity index (χ0n) is 7.00. The van der Waals surface area contributed by atoms with Crippen molar-refractivity contribution in [3.05, 3.63) is 0 Å². The van der Waals surface area contributed by atoms with Crippen molar-refractivity contribution in [3.8, 4) is 0 Å². The number of hydrogen-bond acceptors (Lipinski definition) is 2. The summed E-state index contributed by atoms with van der Waals surface area (Å²) in [6.45, 7) is 0. The van der Waals surface area contributed by atoms with Gasteiger partial charge in [-0.15, -0.1) is 0 Å². The molecule has 0 amide bonds. The lowest BCUT2D eigenvalue weighted by Crippen LogP contribution is -2.64. The van der Waals surface area contributed by atoms with Crippen molar-refractivity contribution in [3.63, 3.8) is 0 Å². The Hall–Kier alpha value is -0.200. The van der Waals surface area contributed by atoms with Gasteiger partial charge in [-0.3, -0.25) is 0 Å². The van der Waals surface area contributed by atoms with Crippen molar-refractivity contribution >= 4 is 23.1 Å². The first-order valence-corrected chi connectivity index (χ1v) is 6.47. The Morgan fingerprint density at radius 1 is 0.706 bits per heavy atom. The van der Waals surface area contributed by atoms with E-state index in [-0.39, 0.29) is 0 Å². The van der Waals surface area contributed by atoms with Crippen molar-refractivity contribution in [1.29, 1.82) is 0 Å². The minimum atomic E-state index is -7.17. The summed E-state index contributed by atoms with van der Waals surface area (Å²) < 4.78 is 128. The quantitative estimate of drug-likeness (QED) is 0.558. The summed E-state index contributed by atoms with van der Waals surface area (Å²) in [5, 5.41) is -6.81. The molecule has 0 aliphatic heterocycles. The van der Waals surface area contributed by atoms with Crippen molar-refractivity contribution in [2.75, 3.05) is 0 Å². The summed E-state index contributed by atoms with van der Waals surface area (Å²) in [5.74, 6) is -7.17. The van der Waals surface area contributed by atoms with Gasteiger partial charge in [0.2, 0.25) is 0 Å². The lowest BCUT2D eigenvalue weighted by molar-refractivity contribution is -0.357. The van der Waals surface area contributed by atoms with Gasteiger partial charge in [-0.05, 0) is 0 Å². The van der Waals surface area contributed by atoms with Crippen molar-refractivity contribution < 1.29 is 47.9 Å². The molecule has 0 bridgehead atoms. The van der Waals surface area contributed by atoms with Gasteiger partial charge in [0.15, 0.2) is 0 Å². The SMILES string of the molecule is O=S(=O)(Br)C(F)(C(F)(F)F)C(F)(F)C(F)(F)F. The average Bonchev–Trinajstić information content (AvgIpc) is 1.95. The fraction of sp³-hybridized carbons (Fsp3) is 1.00. The van der Waals surface area contributed by atoms with E-state index in [2.05, 4.69) is 0 Å². The van der Waals surface area contributed by atoms with Gasteiger partial charge in [-0.1, -0.05) is 0 Å². The highest BCUT2D eigenvalue weighted by Crippen LogP contribution is 2.56. The summed E-state index contributed by atoms with van der Waals surface area (Å²) >= 11 is 0.862. The molecule has 0 aliphatic rings. The summed E-state index contributed by atoms with van der Waals surface area (Å²) in [5.41, 5.74) is 0. The van der Waals surface area contributed by atoms with E-state index in [1.54, 1.807) is 0 Å². The minimum Gasteiger partial charge on any atom is -0.213 e. The molecule has 0 spiro atoms. The van der Waals surface area contributed by atoms with E-state index in [4.69, 9.17) is 0 Å². The monoisotopic (exact) mass is 362 g/mol. The summed E-state index contributed by atoms with van der Waals surface area (Å²) in [7, 11) is -6.61. The molecule has 104 valence electrons. The number of hydrogen-bond donors (Lipinski definition) is 0. The fourth-order valence-corrected chi connectivity index (χ4v) is 2.51. The maximum absolute atomic E-state index is 12.8. The molecule has 0 aromatic carbocycles. The molecule has 0 aromatic rings. The molecular formula is C4BrF9O2S. The van der Waals surface area contributed by atoms with E-state index in [0.29, 0.717) is 0 Å². The van der Waals surface area contributed by atoms with Gasteiger partial charge in [0.1, 0.15) is 0 Å². The second-order valence-electron chi connectivity index (χ2n) is 2.60. The summed E-state index contributed by atoms with van der Waals surface area (Å²) in [6, 6.07) is 0. The summed E-state index contributed by atoms with van der Waals surface area (Å²) in [4.78, 5) is 0. The first kappa shape index (κ1) is 16.8. The highest BCUT2D eigenvalue weighted by molar-refractivity contribution is 9.47.